The van der Waals surface area contributed by atoms with Crippen molar-refractivity contribution in [1.29, 1.82) is 0 Å². The van der Waals surface area contributed by atoms with Crippen molar-refractivity contribution in [2.75, 3.05) is 0 Å². The molecule has 0 spiro atoms. The molecule has 2 aromatic rings. The van der Waals surface area contributed by atoms with Gasteiger partial charge in [-0.05, 0) is 47.4 Å². The van der Waals surface area contributed by atoms with Crippen LogP contribution >= 0.6 is 0 Å². The molecule has 1 aliphatic carbocycles. The van der Waals surface area contributed by atoms with Crippen LogP contribution in [-0.2, 0) is 24.7 Å². The molecule has 3 rings (SSSR count). The van der Waals surface area contributed by atoms with Crippen LogP contribution in [0.2, 0.25) is 0 Å². The molecule has 2 N–H and O–H groups in total. The summed E-state index contributed by atoms with van der Waals surface area (Å²) in [6.07, 6.45) is 5.76. The van der Waals surface area contributed by atoms with E-state index in [0.29, 0.717) is 5.92 Å². The largest absolute Gasteiger partial charge is 0.383 e. The Kier molecular flexibility index (Phi) is 5.23. The number of amides is 1. The third-order valence-electron chi connectivity index (χ3n) is 4.96. The van der Waals surface area contributed by atoms with E-state index in [1.165, 1.54) is 16.7 Å². The summed E-state index contributed by atoms with van der Waals surface area (Å²) >= 11 is 0. The molecule has 1 aliphatic rings. The second-order valence-corrected chi connectivity index (χ2v) is 7.31. The first-order valence-electron chi connectivity index (χ1n) is 9.02. The quantitative estimate of drug-likeness (QED) is 0.878. The number of benzene rings is 1. The lowest BCUT2D eigenvalue weighted by atomic mass is 9.85. The molecule has 0 saturated carbocycles. The van der Waals surface area contributed by atoms with E-state index < -0.39 is 6.10 Å². The van der Waals surface area contributed by atoms with Gasteiger partial charge in [-0.3, -0.25) is 9.48 Å². The fraction of sp³-hybridized carbons (Fsp3) is 0.500. The molecule has 2 atom stereocenters. The summed E-state index contributed by atoms with van der Waals surface area (Å²) in [5, 5.41) is 17.4. The van der Waals surface area contributed by atoms with Gasteiger partial charge in [0.25, 0.3) is 0 Å². The number of nitrogens with one attached hydrogen (secondary N) is 1. The van der Waals surface area contributed by atoms with Gasteiger partial charge >= 0.3 is 0 Å². The van der Waals surface area contributed by atoms with E-state index in [2.05, 4.69) is 42.5 Å². The van der Waals surface area contributed by atoms with E-state index in [-0.39, 0.29) is 18.4 Å². The lowest BCUT2D eigenvalue weighted by Gasteiger charge is -2.28. The van der Waals surface area contributed by atoms with E-state index in [9.17, 15) is 9.90 Å². The van der Waals surface area contributed by atoms with Crippen molar-refractivity contribution in [2.45, 2.75) is 57.6 Å². The molecule has 0 saturated heterocycles. The number of fused-ring (bicyclic) bond motifs is 1. The first kappa shape index (κ1) is 17.7. The molecule has 134 valence electrons. The van der Waals surface area contributed by atoms with Crippen LogP contribution < -0.4 is 5.32 Å². The predicted octanol–water partition coefficient (Wildman–Crippen LogP) is 2.64. The molecule has 0 aliphatic heterocycles. The number of nitrogens with zero attached hydrogens (tertiary/aromatic N) is 2. The number of aryl methyl sites for hydroxylation is 2. The Morgan fingerprint density at radius 1 is 1.44 bits per heavy atom. The number of aliphatic hydroxyl groups excluding tert-OH is 1. The first-order valence-corrected chi connectivity index (χ1v) is 9.02. The highest BCUT2D eigenvalue weighted by molar-refractivity contribution is 5.81. The molecule has 1 aromatic carbocycles. The summed E-state index contributed by atoms with van der Waals surface area (Å²) in [7, 11) is 1.82. The predicted molar refractivity (Wildman–Crippen MR) is 97.3 cm³/mol. The van der Waals surface area contributed by atoms with Gasteiger partial charge in [-0.1, -0.05) is 32.0 Å². The molecular weight excluding hydrogens is 314 g/mol. The fourth-order valence-electron chi connectivity index (χ4n) is 3.49. The number of hydrogen-bond acceptors (Lipinski definition) is 3. The standard InChI is InChI=1S/C20H27N3O2/c1-13(2)16-8-7-15-5-4-6-18(17(15)10-16)22-20(25)19(24)9-14-11-21-23(3)12-14/h7-8,10-13,18-19,24H,4-6,9H2,1-3H3,(H,22,25)/t18-,19-/m0/s1. The summed E-state index contributed by atoms with van der Waals surface area (Å²) in [4.78, 5) is 12.5. The molecule has 1 amide bonds. The number of aliphatic hydroxyl groups is 1. The zero-order valence-corrected chi connectivity index (χ0v) is 15.2. The Hall–Kier alpha value is -2.14. The van der Waals surface area contributed by atoms with Gasteiger partial charge in [0, 0.05) is 19.7 Å². The van der Waals surface area contributed by atoms with Crippen LogP contribution in [0.3, 0.4) is 0 Å². The Balaban J connectivity index is 1.70. The second kappa shape index (κ2) is 7.40. The third-order valence-corrected chi connectivity index (χ3v) is 4.96. The van der Waals surface area contributed by atoms with Gasteiger partial charge in [-0.2, -0.15) is 5.10 Å². The summed E-state index contributed by atoms with van der Waals surface area (Å²) in [6.45, 7) is 4.35. The monoisotopic (exact) mass is 341 g/mol. The van der Waals surface area contributed by atoms with Crippen LogP contribution in [0.25, 0.3) is 0 Å². The maximum Gasteiger partial charge on any atom is 0.249 e. The van der Waals surface area contributed by atoms with Crippen molar-refractivity contribution < 1.29 is 9.90 Å². The fourth-order valence-corrected chi connectivity index (χ4v) is 3.49. The van der Waals surface area contributed by atoms with Crippen LogP contribution in [0.4, 0.5) is 0 Å². The van der Waals surface area contributed by atoms with E-state index in [1.807, 2.05) is 13.2 Å². The minimum Gasteiger partial charge on any atom is -0.383 e. The maximum atomic E-state index is 12.5. The van der Waals surface area contributed by atoms with Gasteiger partial charge in [0.2, 0.25) is 5.91 Å². The van der Waals surface area contributed by atoms with Gasteiger partial charge in [-0.15, -0.1) is 0 Å². The normalized spacial score (nSPS) is 18.0. The van der Waals surface area contributed by atoms with Gasteiger partial charge < -0.3 is 10.4 Å². The average Bonchev–Trinajstić information content (AvgIpc) is 2.99. The van der Waals surface area contributed by atoms with Crippen LogP contribution in [0.5, 0.6) is 0 Å². The minimum absolute atomic E-state index is 0.0153. The zero-order valence-electron chi connectivity index (χ0n) is 15.2. The topological polar surface area (TPSA) is 67.2 Å². The lowest BCUT2D eigenvalue weighted by molar-refractivity contribution is -0.130. The van der Waals surface area contributed by atoms with Crippen LogP contribution in [0.1, 0.15) is 60.9 Å². The maximum absolute atomic E-state index is 12.5. The van der Waals surface area contributed by atoms with E-state index in [0.717, 1.165) is 24.8 Å². The zero-order chi connectivity index (χ0) is 18.0. The van der Waals surface area contributed by atoms with E-state index in [4.69, 9.17) is 0 Å². The van der Waals surface area contributed by atoms with Crippen LogP contribution in [0.15, 0.2) is 30.6 Å². The van der Waals surface area contributed by atoms with Crippen LogP contribution in [0, 0.1) is 0 Å². The SMILES string of the molecule is CC(C)c1ccc2c(c1)[C@@H](NC(=O)[C@@H](O)Cc1cnn(C)c1)CCC2. The first-order chi connectivity index (χ1) is 11.9. The Morgan fingerprint density at radius 3 is 2.92 bits per heavy atom. The van der Waals surface area contributed by atoms with Crippen molar-refractivity contribution in [3.05, 3.63) is 52.8 Å². The molecule has 0 bridgehead atoms. The van der Waals surface area contributed by atoms with Gasteiger partial charge in [0.1, 0.15) is 6.10 Å². The van der Waals surface area contributed by atoms with Crippen molar-refractivity contribution in [3.8, 4) is 0 Å². The second-order valence-electron chi connectivity index (χ2n) is 7.31. The number of aromatic nitrogens is 2. The highest BCUT2D eigenvalue weighted by Gasteiger charge is 2.25. The highest BCUT2D eigenvalue weighted by Crippen LogP contribution is 2.32. The average molecular weight is 341 g/mol. The summed E-state index contributed by atoms with van der Waals surface area (Å²) in [5.41, 5.74) is 4.66. The van der Waals surface area contributed by atoms with Crippen molar-refractivity contribution >= 4 is 5.91 Å². The highest BCUT2D eigenvalue weighted by atomic mass is 16.3. The molecular formula is C20H27N3O2. The van der Waals surface area contributed by atoms with Crippen molar-refractivity contribution in [3.63, 3.8) is 0 Å². The molecule has 0 fully saturated rings. The number of hydrogen-bond donors (Lipinski definition) is 2. The summed E-state index contributed by atoms with van der Waals surface area (Å²) in [6, 6.07) is 6.58. The van der Waals surface area contributed by atoms with E-state index in [1.54, 1.807) is 10.9 Å². The van der Waals surface area contributed by atoms with Crippen molar-refractivity contribution in [1.82, 2.24) is 15.1 Å². The van der Waals surface area contributed by atoms with Gasteiger partial charge in [0.05, 0.1) is 12.2 Å². The van der Waals surface area contributed by atoms with Gasteiger partial charge in [0.15, 0.2) is 0 Å². The lowest BCUT2D eigenvalue weighted by Crippen LogP contribution is -2.39. The Labute approximate surface area is 149 Å². The van der Waals surface area contributed by atoms with Crippen LogP contribution in [-0.4, -0.2) is 26.9 Å². The molecule has 0 unspecified atom stereocenters. The number of carbonyl (C=O) groups excluding carboxylic acids is 1. The Bertz CT molecular complexity index is 751. The smallest absolute Gasteiger partial charge is 0.249 e. The molecule has 1 aromatic heterocycles. The molecule has 5 nitrogen and oxygen atoms in total. The third kappa shape index (κ3) is 4.10. The molecule has 25 heavy (non-hydrogen) atoms. The van der Waals surface area contributed by atoms with E-state index >= 15 is 0 Å². The summed E-state index contributed by atoms with van der Waals surface area (Å²) in [5.74, 6) is 0.149. The molecule has 5 heteroatoms. The number of carbonyl (C=O) groups is 1. The van der Waals surface area contributed by atoms with Crippen molar-refractivity contribution in [2.24, 2.45) is 7.05 Å². The van der Waals surface area contributed by atoms with Gasteiger partial charge in [-0.25, -0.2) is 0 Å². The summed E-state index contributed by atoms with van der Waals surface area (Å²) < 4.78 is 1.67. The number of rotatable bonds is 5. The minimum atomic E-state index is -1.05. The molecule has 0 radical (unpaired) electrons. The molecule has 1 heterocycles. The Morgan fingerprint density at radius 2 is 2.24 bits per heavy atom.